The normalized spacial score (nSPS) is 14.4. The van der Waals surface area contributed by atoms with Crippen molar-refractivity contribution < 1.29 is 19.2 Å². The molecule has 0 atom stereocenters. The number of methoxy groups -OCH3 is 1. The van der Waals surface area contributed by atoms with Crippen LogP contribution in [0.25, 0.3) is 0 Å². The van der Waals surface area contributed by atoms with Gasteiger partial charge in [-0.15, -0.1) is 0 Å². The van der Waals surface area contributed by atoms with E-state index in [0.717, 1.165) is 39.1 Å². The summed E-state index contributed by atoms with van der Waals surface area (Å²) in [6.45, 7) is 4.53. The molecule has 0 amide bonds. The Morgan fingerprint density at radius 3 is 2.48 bits per heavy atom. The van der Waals surface area contributed by atoms with Crippen molar-refractivity contribution in [2.75, 3.05) is 51.3 Å². The van der Waals surface area contributed by atoms with Gasteiger partial charge in [0.2, 0.25) is 0 Å². The zero-order valence-corrected chi connectivity index (χ0v) is 16.5. The van der Waals surface area contributed by atoms with Crippen LogP contribution in [0, 0.1) is 10.1 Å². The lowest BCUT2D eigenvalue weighted by molar-refractivity contribution is -0.384. The van der Waals surface area contributed by atoms with Gasteiger partial charge in [0, 0.05) is 38.8 Å². The molecule has 154 valence electrons. The molecule has 0 saturated carbocycles. The second kappa shape index (κ2) is 9.88. The average molecular weight is 399 g/mol. The summed E-state index contributed by atoms with van der Waals surface area (Å²) >= 11 is 0. The Hall–Kier alpha value is -3.13. The van der Waals surface area contributed by atoms with Crippen LogP contribution in [-0.4, -0.2) is 62.2 Å². The zero-order valence-electron chi connectivity index (χ0n) is 16.5. The number of nitro benzene ring substituents is 1. The first-order valence-electron chi connectivity index (χ1n) is 9.61. The lowest BCUT2D eigenvalue weighted by atomic mass is 10.2. The summed E-state index contributed by atoms with van der Waals surface area (Å²) in [5.74, 6) is 0.118. The van der Waals surface area contributed by atoms with Gasteiger partial charge in [-0.25, -0.2) is 4.79 Å². The van der Waals surface area contributed by atoms with Crippen LogP contribution in [0.3, 0.4) is 0 Å². The molecule has 29 heavy (non-hydrogen) atoms. The zero-order chi connectivity index (χ0) is 20.6. The number of anilines is 1. The van der Waals surface area contributed by atoms with E-state index in [0.29, 0.717) is 23.6 Å². The molecule has 1 fully saturated rings. The molecule has 0 aliphatic carbocycles. The van der Waals surface area contributed by atoms with Crippen LogP contribution in [0.1, 0.15) is 16.8 Å². The van der Waals surface area contributed by atoms with Gasteiger partial charge < -0.3 is 14.4 Å². The van der Waals surface area contributed by atoms with E-state index in [-0.39, 0.29) is 10.6 Å². The van der Waals surface area contributed by atoms with Gasteiger partial charge in [0.1, 0.15) is 17.0 Å². The van der Waals surface area contributed by atoms with E-state index in [4.69, 9.17) is 9.47 Å². The number of rotatable bonds is 8. The van der Waals surface area contributed by atoms with Gasteiger partial charge in [-0.05, 0) is 24.6 Å². The van der Waals surface area contributed by atoms with Crippen LogP contribution in [0.2, 0.25) is 0 Å². The van der Waals surface area contributed by atoms with Gasteiger partial charge in [0.25, 0.3) is 5.69 Å². The largest absolute Gasteiger partial charge is 0.493 e. The minimum Gasteiger partial charge on any atom is -0.493 e. The minimum atomic E-state index is -0.410. The number of carbonyl (C=O) groups excluding carboxylic acids is 1. The van der Waals surface area contributed by atoms with Gasteiger partial charge in [0.15, 0.2) is 0 Å². The molecular formula is C21H25N3O5. The van der Waals surface area contributed by atoms with E-state index in [1.807, 2.05) is 12.1 Å². The summed E-state index contributed by atoms with van der Waals surface area (Å²) in [5.41, 5.74) is 1.26. The van der Waals surface area contributed by atoms with Crippen molar-refractivity contribution >= 4 is 17.3 Å². The topological polar surface area (TPSA) is 85.2 Å². The van der Waals surface area contributed by atoms with E-state index in [1.54, 1.807) is 36.4 Å². The van der Waals surface area contributed by atoms with E-state index in [9.17, 15) is 14.9 Å². The molecule has 0 unspecified atom stereocenters. The van der Waals surface area contributed by atoms with Crippen molar-refractivity contribution in [3.63, 3.8) is 0 Å². The predicted molar refractivity (Wildman–Crippen MR) is 110 cm³/mol. The highest BCUT2D eigenvalue weighted by atomic mass is 16.6. The fraction of sp³-hybridized carbons (Fsp3) is 0.381. The number of esters is 1. The number of hydrogen-bond donors (Lipinski definition) is 0. The molecule has 1 saturated heterocycles. The van der Waals surface area contributed by atoms with Crippen LogP contribution in [0.15, 0.2) is 48.5 Å². The molecule has 0 aromatic heterocycles. The number of hydrogen-bond acceptors (Lipinski definition) is 7. The summed E-state index contributed by atoms with van der Waals surface area (Å²) in [6.07, 6.45) is 0.820. The summed E-state index contributed by atoms with van der Waals surface area (Å²) in [5, 5.41) is 11.2. The summed E-state index contributed by atoms with van der Waals surface area (Å²) in [6, 6.07) is 13.9. The van der Waals surface area contributed by atoms with Crippen molar-refractivity contribution in [1.29, 1.82) is 0 Å². The Morgan fingerprint density at radius 2 is 1.76 bits per heavy atom. The third kappa shape index (κ3) is 5.23. The molecule has 0 N–H and O–H groups in total. The maximum Gasteiger partial charge on any atom is 0.341 e. The molecule has 2 aromatic rings. The second-order valence-electron chi connectivity index (χ2n) is 6.76. The highest BCUT2D eigenvalue weighted by Crippen LogP contribution is 2.28. The van der Waals surface area contributed by atoms with E-state index in [2.05, 4.69) is 9.80 Å². The first kappa shape index (κ1) is 20.6. The Morgan fingerprint density at radius 1 is 1.07 bits per heavy atom. The van der Waals surface area contributed by atoms with Crippen molar-refractivity contribution in [1.82, 2.24) is 4.90 Å². The maximum absolute atomic E-state index is 11.8. The fourth-order valence-corrected chi connectivity index (χ4v) is 3.44. The van der Waals surface area contributed by atoms with Gasteiger partial charge >= 0.3 is 5.97 Å². The summed E-state index contributed by atoms with van der Waals surface area (Å²) < 4.78 is 10.5. The van der Waals surface area contributed by atoms with Crippen LogP contribution in [0.5, 0.6) is 5.75 Å². The molecule has 0 bridgehead atoms. The molecule has 8 heteroatoms. The lowest BCUT2D eigenvalue weighted by Crippen LogP contribution is -2.47. The molecule has 0 spiro atoms. The molecule has 1 aliphatic rings. The quantitative estimate of drug-likeness (QED) is 0.292. The SMILES string of the molecule is COC(=O)c1ccccc1OCCCN1CCN(c2ccccc2[N+](=O)[O-])CC1. The van der Waals surface area contributed by atoms with Gasteiger partial charge in [-0.1, -0.05) is 24.3 Å². The first-order chi connectivity index (χ1) is 14.1. The standard InChI is InChI=1S/C21H25N3O5/c1-28-21(25)17-7-2-5-10-20(17)29-16-6-11-22-12-14-23(15-13-22)18-8-3-4-9-19(18)24(26)27/h2-5,7-10H,6,11-16H2,1H3. The Labute approximate surface area is 169 Å². The van der Waals surface area contributed by atoms with Crippen LogP contribution < -0.4 is 9.64 Å². The number of nitro groups is 1. The third-order valence-electron chi connectivity index (χ3n) is 4.96. The smallest absolute Gasteiger partial charge is 0.341 e. The van der Waals surface area contributed by atoms with Gasteiger partial charge in [-0.2, -0.15) is 0 Å². The van der Waals surface area contributed by atoms with E-state index in [1.165, 1.54) is 7.11 Å². The monoisotopic (exact) mass is 399 g/mol. The van der Waals surface area contributed by atoms with Crippen molar-refractivity contribution in [2.45, 2.75) is 6.42 Å². The van der Waals surface area contributed by atoms with E-state index >= 15 is 0 Å². The molecule has 2 aromatic carbocycles. The number of piperazine rings is 1. The van der Waals surface area contributed by atoms with E-state index < -0.39 is 5.97 Å². The number of nitrogens with zero attached hydrogens (tertiary/aromatic N) is 3. The first-order valence-corrected chi connectivity index (χ1v) is 9.61. The van der Waals surface area contributed by atoms with Gasteiger partial charge in [-0.3, -0.25) is 15.0 Å². The molecule has 0 radical (unpaired) electrons. The molecule has 1 aliphatic heterocycles. The minimum absolute atomic E-state index is 0.152. The van der Waals surface area contributed by atoms with Crippen molar-refractivity contribution in [3.05, 3.63) is 64.2 Å². The molecule has 1 heterocycles. The summed E-state index contributed by atoms with van der Waals surface area (Å²) in [7, 11) is 1.35. The number of ether oxygens (including phenoxy) is 2. The highest BCUT2D eigenvalue weighted by Gasteiger charge is 2.23. The second-order valence-corrected chi connectivity index (χ2v) is 6.76. The van der Waals surface area contributed by atoms with Crippen LogP contribution >= 0.6 is 0 Å². The van der Waals surface area contributed by atoms with Crippen molar-refractivity contribution in [2.24, 2.45) is 0 Å². The van der Waals surface area contributed by atoms with Crippen LogP contribution in [0.4, 0.5) is 11.4 Å². The average Bonchev–Trinajstić information content (AvgIpc) is 2.77. The predicted octanol–water partition coefficient (Wildman–Crippen LogP) is 2.97. The maximum atomic E-state index is 11.8. The van der Waals surface area contributed by atoms with Crippen LogP contribution in [-0.2, 0) is 4.74 Å². The Balaban J connectivity index is 1.45. The molecule has 8 nitrogen and oxygen atoms in total. The lowest BCUT2D eigenvalue weighted by Gasteiger charge is -2.35. The highest BCUT2D eigenvalue weighted by molar-refractivity contribution is 5.92. The Kier molecular flexibility index (Phi) is 7.02. The van der Waals surface area contributed by atoms with Crippen molar-refractivity contribution in [3.8, 4) is 5.75 Å². The number of carbonyl (C=O) groups is 1. The third-order valence-corrected chi connectivity index (χ3v) is 4.96. The number of benzene rings is 2. The molecular weight excluding hydrogens is 374 g/mol. The summed E-state index contributed by atoms with van der Waals surface area (Å²) in [4.78, 5) is 27.1. The number of para-hydroxylation sites is 3. The Bertz CT molecular complexity index is 850. The van der Waals surface area contributed by atoms with Gasteiger partial charge in [0.05, 0.1) is 18.6 Å². The molecule has 3 rings (SSSR count). The fourth-order valence-electron chi connectivity index (χ4n) is 3.44.